The second-order valence-corrected chi connectivity index (χ2v) is 5.99. The molecule has 0 radical (unpaired) electrons. The maximum atomic E-state index is 11.2. The van der Waals surface area contributed by atoms with Crippen LogP contribution in [0.5, 0.6) is 0 Å². The van der Waals surface area contributed by atoms with E-state index in [1.807, 2.05) is 0 Å². The fraction of sp³-hybridized carbons (Fsp3) is 0.938. The molecule has 0 bridgehead atoms. The van der Waals surface area contributed by atoms with E-state index in [1.54, 1.807) is 0 Å². The summed E-state index contributed by atoms with van der Waals surface area (Å²) in [7, 11) is 0. The van der Waals surface area contributed by atoms with Crippen LogP contribution in [0.25, 0.3) is 0 Å². The minimum absolute atomic E-state index is 0.113. The van der Waals surface area contributed by atoms with E-state index in [9.17, 15) is 9.90 Å². The summed E-state index contributed by atoms with van der Waals surface area (Å²) < 4.78 is 0. The zero-order valence-electron chi connectivity index (χ0n) is 13.4. The van der Waals surface area contributed by atoms with Gasteiger partial charge in [-0.25, -0.2) is 4.79 Å². The first-order chi connectivity index (χ1) is 9.46. The van der Waals surface area contributed by atoms with Crippen molar-refractivity contribution in [3.8, 4) is 0 Å². The molecule has 0 saturated carbocycles. The van der Waals surface area contributed by atoms with E-state index in [2.05, 4.69) is 13.8 Å². The lowest BCUT2D eigenvalue weighted by atomic mass is 9.84. The average Bonchev–Trinajstić information content (AvgIpc) is 2.40. The standard InChI is InChI=1S/C16H34N2O2/c1-3-5-7-9-11-13-14(12-10-8-6-4-2)16(17,18)15(19)20/h14H,3-13,17-18H2,1-2H3,(H,19,20). The van der Waals surface area contributed by atoms with Gasteiger partial charge >= 0.3 is 5.97 Å². The minimum Gasteiger partial charge on any atom is -0.479 e. The van der Waals surface area contributed by atoms with Gasteiger partial charge in [-0.1, -0.05) is 71.6 Å². The van der Waals surface area contributed by atoms with Gasteiger partial charge in [0.15, 0.2) is 5.66 Å². The second kappa shape index (κ2) is 11.1. The molecule has 0 fully saturated rings. The number of unbranched alkanes of at least 4 members (excludes halogenated alkanes) is 7. The highest BCUT2D eigenvalue weighted by Gasteiger charge is 2.37. The molecule has 20 heavy (non-hydrogen) atoms. The molecular formula is C16H34N2O2. The number of aliphatic carboxylic acids is 1. The summed E-state index contributed by atoms with van der Waals surface area (Å²) >= 11 is 0. The van der Waals surface area contributed by atoms with Gasteiger partial charge in [-0.05, 0) is 12.8 Å². The van der Waals surface area contributed by atoms with E-state index in [4.69, 9.17) is 11.5 Å². The smallest absolute Gasteiger partial charge is 0.338 e. The highest BCUT2D eigenvalue weighted by molar-refractivity contribution is 5.77. The molecule has 0 spiro atoms. The Balaban J connectivity index is 4.21. The highest BCUT2D eigenvalue weighted by Crippen LogP contribution is 2.25. The third kappa shape index (κ3) is 7.85. The van der Waals surface area contributed by atoms with Crippen LogP contribution in [0.3, 0.4) is 0 Å². The van der Waals surface area contributed by atoms with Crippen LogP contribution < -0.4 is 11.5 Å². The largest absolute Gasteiger partial charge is 0.479 e. The molecule has 1 unspecified atom stereocenters. The van der Waals surface area contributed by atoms with Crippen LogP contribution in [0, 0.1) is 5.92 Å². The summed E-state index contributed by atoms with van der Waals surface area (Å²) in [5, 5.41) is 9.21. The highest BCUT2D eigenvalue weighted by atomic mass is 16.4. The maximum absolute atomic E-state index is 11.2. The fourth-order valence-electron chi connectivity index (χ4n) is 2.61. The van der Waals surface area contributed by atoms with Crippen molar-refractivity contribution in [2.45, 2.75) is 90.1 Å². The van der Waals surface area contributed by atoms with Gasteiger partial charge in [0.1, 0.15) is 0 Å². The van der Waals surface area contributed by atoms with Gasteiger partial charge < -0.3 is 16.6 Å². The van der Waals surface area contributed by atoms with Gasteiger partial charge in [-0.15, -0.1) is 0 Å². The van der Waals surface area contributed by atoms with E-state index >= 15 is 0 Å². The summed E-state index contributed by atoms with van der Waals surface area (Å²) in [6, 6.07) is 0. The Morgan fingerprint density at radius 2 is 1.30 bits per heavy atom. The van der Waals surface area contributed by atoms with Crippen molar-refractivity contribution >= 4 is 5.97 Å². The van der Waals surface area contributed by atoms with Crippen molar-refractivity contribution < 1.29 is 9.90 Å². The molecule has 5 N–H and O–H groups in total. The third-order valence-electron chi connectivity index (χ3n) is 4.11. The van der Waals surface area contributed by atoms with Crippen LogP contribution >= 0.6 is 0 Å². The Labute approximate surface area is 124 Å². The molecule has 0 aromatic carbocycles. The van der Waals surface area contributed by atoms with E-state index < -0.39 is 11.6 Å². The lowest BCUT2D eigenvalue weighted by Gasteiger charge is -2.30. The van der Waals surface area contributed by atoms with Gasteiger partial charge in [-0.2, -0.15) is 0 Å². The Kier molecular flexibility index (Phi) is 10.8. The molecule has 0 amide bonds. The van der Waals surface area contributed by atoms with E-state index in [-0.39, 0.29) is 5.92 Å². The van der Waals surface area contributed by atoms with Crippen LogP contribution in [0.1, 0.15) is 84.5 Å². The lowest BCUT2D eigenvalue weighted by molar-refractivity contribution is -0.145. The number of nitrogens with two attached hydrogens (primary N) is 2. The molecule has 0 heterocycles. The van der Waals surface area contributed by atoms with E-state index in [1.165, 1.54) is 32.1 Å². The molecule has 0 aliphatic rings. The summed E-state index contributed by atoms with van der Waals surface area (Å²) in [5.41, 5.74) is 10.1. The molecule has 120 valence electrons. The Bertz CT molecular complexity index is 255. The SMILES string of the molecule is CCCCCCCC(CCCCCC)C(N)(N)C(=O)O. The van der Waals surface area contributed by atoms with Crippen molar-refractivity contribution in [1.82, 2.24) is 0 Å². The van der Waals surface area contributed by atoms with Crippen molar-refractivity contribution in [3.05, 3.63) is 0 Å². The summed E-state index contributed by atoms with van der Waals surface area (Å²) in [6.07, 6.45) is 12.0. The zero-order chi connectivity index (χ0) is 15.4. The monoisotopic (exact) mass is 286 g/mol. The zero-order valence-corrected chi connectivity index (χ0v) is 13.4. The molecule has 4 nitrogen and oxygen atoms in total. The van der Waals surface area contributed by atoms with Crippen LogP contribution in [-0.4, -0.2) is 16.7 Å². The second-order valence-electron chi connectivity index (χ2n) is 5.99. The van der Waals surface area contributed by atoms with Gasteiger partial charge in [0.2, 0.25) is 0 Å². The molecular weight excluding hydrogens is 252 g/mol. The van der Waals surface area contributed by atoms with E-state index in [0.717, 1.165) is 38.5 Å². The Hall–Kier alpha value is -0.610. The molecule has 0 aromatic heterocycles. The summed E-state index contributed by atoms with van der Waals surface area (Å²) in [6.45, 7) is 4.35. The maximum Gasteiger partial charge on any atom is 0.338 e. The third-order valence-corrected chi connectivity index (χ3v) is 4.11. The van der Waals surface area contributed by atoms with E-state index in [0.29, 0.717) is 0 Å². The molecule has 0 rings (SSSR count). The van der Waals surface area contributed by atoms with Crippen LogP contribution in [0.15, 0.2) is 0 Å². The van der Waals surface area contributed by atoms with Crippen molar-refractivity contribution in [1.29, 1.82) is 0 Å². The topological polar surface area (TPSA) is 89.3 Å². The number of hydrogen-bond acceptors (Lipinski definition) is 3. The molecule has 1 atom stereocenters. The Morgan fingerprint density at radius 3 is 1.70 bits per heavy atom. The van der Waals surface area contributed by atoms with Gasteiger partial charge in [0, 0.05) is 5.92 Å². The summed E-state index contributed by atoms with van der Waals surface area (Å²) in [4.78, 5) is 11.2. The van der Waals surface area contributed by atoms with Crippen molar-refractivity contribution in [2.24, 2.45) is 17.4 Å². The van der Waals surface area contributed by atoms with Crippen LogP contribution in [0.4, 0.5) is 0 Å². The summed E-state index contributed by atoms with van der Waals surface area (Å²) in [5.74, 6) is -1.19. The Morgan fingerprint density at radius 1 is 0.900 bits per heavy atom. The first kappa shape index (κ1) is 19.4. The number of hydrogen-bond donors (Lipinski definition) is 3. The van der Waals surface area contributed by atoms with Crippen molar-refractivity contribution in [3.63, 3.8) is 0 Å². The van der Waals surface area contributed by atoms with Gasteiger partial charge in [0.25, 0.3) is 0 Å². The predicted molar refractivity (Wildman–Crippen MR) is 84.4 cm³/mol. The number of rotatable bonds is 13. The number of carboxylic acid groups (broad SMARTS) is 1. The van der Waals surface area contributed by atoms with Crippen LogP contribution in [-0.2, 0) is 4.79 Å². The fourth-order valence-corrected chi connectivity index (χ4v) is 2.61. The number of carbonyl (C=O) groups is 1. The van der Waals surface area contributed by atoms with Crippen LogP contribution in [0.2, 0.25) is 0 Å². The first-order valence-corrected chi connectivity index (χ1v) is 8.27. The van der Waals surface area contributed by atoms with Crippen molar-refractivity contribution in [2.75, 3.05) is 0 Å². The molecule has 0 aliphatic heterocycles. The molecule has 0 saturated heterocycles. The quantitative estimate of drug-likeness (QED) is 0.356. The lowest BCUT2D eigenvalue weighted by Crippen LogP contribution is -2.61. The first-order valence-electron chi connectivity index (χ1n) is 8.27. The number of carboxylic acids is 1. The van der Waals surface area contributed by atoms with Gasteiger partial charge in [-0.3, -0.25) is 0 Å². The predicted octanol–water partition coefficient (Wildman–Crippen LogP) is 3.63. The molecule has 4 heteroatoms. The normalized spacial score (nSPS) is 13.4. The molecule has 0 aromatic rings. The minimum atomic E-state index is -1.57. The van der Waals surface area contributed by atoms with Gasteiger partial charge in [0.05, 0.1) is 0 Å². The molecule has 0 aliphatic carbocycles. The average molecular weight is 286 g/mol.